The second kappa shape index (κ2) is 12.2. The summed E-state index contributed by atoms with van der Waals surface area (Å²) in [5.41, 5.74) is 1.10. The van der Waals surface area contributed by atoms with Crippen LogP contribution in [0.2, 0.25) is 5.02 Å². The number of nitrogens with zero attached hydrogens (tertiary/aromatic N) is 1. The van der Waals surface area contributed by atoms with Gasteiger partial charge in [0.05, 0.1) is 22.9 Å². The molecule has 0 saturated carbocycles. The third kappa shape index (κ3) is 8.45. The summed E-state index contributed by atoms with van der Waals surface area (Å²) >= 11 is 17.3. The Morgan fingerprint density at radius 2 is 1.75 bits per heavy atom. The molecule has 4 nitrogen and oxygen atoms in total. The first-order valence-corrected chi connectivity index (χ1v) is 10.6. The van der Waals surface area contributed by atoms with Crippen molar-refractivity contribution in [3.63, 3.8) is 0 Å². The summed E-state index contributed by atoms with van der Waals surface area (Å²) in [6, 6.07) is 8.14. The zero-order chi connectivity index (χ0) is 23.7. The fourth-order valence-corrected chi connectivity index (χ4v) is 3.00. The first kappa shape index (κ1) is 26.2. The zero-order valence-electron chi connectivity index (χ0n) is 17.3. The van der Waals surface area contributed by atoms with Crippen LogP contribution >= 0.6 is 34.8 Å². The highest BCUT2D eigenvalue weighted by molar-refractivity contribution is 6.55. The Balaban J connectivity index is 1.79. The molecular weight excluding hydrogens is 490 g/mol. The van der Waals surface area contributed by atoms with E-state index in [2.05, 4.69) is 5.16 Å². The Hall–Kier alpha value is -2.09. The molecule has 0 aliphatic carbocycles. The lowest BCUT2D eigenvalue weighted by Gasteiger charge is -2.13. The number of alkyl halides is 3. The van der Waals surface area contributed by atoms with Crippen molar-refractivity contribution in [1.82, 2.24) is 0 Å². The largest absolute Gasteiger partial charge is 0.492 e. The van der Waals surface area contributed by atoms with E-state index in [1.165, 1.54) is 18.2 Å². The van der Waals surface area contributed by atoms with Crippen molar-refractivity contribution in [2.24, 2.45) is 5.16 Å². The van der Waals surface area contributed by atoms with Crippen LogP contribution < -0.4 is 9.47 Å². The van der Waals surface area contributed by atoms with Gasteiger partial charge in [0, 0.05) is 12.5 Å². The molecule has 0 heterocycles. The Bertz CT molecular complexity index is 934. The zero-order valence-corrected chi connectivity index (χ0v) is 19.6. The Morgan fingerprint density at radius 3 is 2.34 bits per heavy atom. The quantitative estimate of drug-likeness (QED) is 0.188. The van der Waals surface area contributed by atoms with Gasteiger partial charge < -0.3 is 14.3 Å². The summed E-state index contributed by atoms with van der Waals surface area (Å²) in [5, 5.41) is 4.33. The fourth-order valence-electron chi connectivity index (χ4n) is 2.56. The van der Waals surface area contributed by atoms with Crippen molar-refractivity contribution in [1.29, 1.82) is 0 Å². The second-order valence-corrected chi connectivity index (χ2v) is 8.06. The standard InChI is InChI=1S/C22H21Cl3F3NO3/c1-14-12-18(30-11-8-20(24)25)13-19(23)21(14)31-9-3-10-32-29-15(2)16-4-6-17(7-5-16)22(26,27)28/h4-8,12-13H,3,9-11H2,1-2H3. The average Bonchev–Trinajstić information content (AvgIpc) is 2.71. The molecule has 0 saturated heterocycles. The maximum absolute atomic E-state index is 12.6. The predicted octanol–water partition coefficient (Wildman–Crippen LogP) is 7.57. The molecule has 10 heteroatoms. The minimum atomic E-state index is -4.37. The van der Waals surface area contributed by atoms with E-state index in [9.17, 15) is 13.2 Å². The molecule has 0 amide bonds. The van der Waals surface area contributed by atoms with Crippen molar-refractivity contribution >= 4 is 40.5 Å². The predicted molar refractivity (Wildman–Crippen MR) is 121 cm³/mol. The third-order valence-corrected chi connectivity index (χ3v) is 4.74. The van der Waals surface area contributed by atoms with Gasteiger partial charge in [-0.05, 0) is 49.2 Å². The molecule has 2 aromatic carbocycles. The van der Waals surface area contributed by atoms with E-state index in [1.54, 1.807) is 19.1 Å². The normalized spacial score (nSPS) is 11.8. The molecule has 0 aromatic heterocycles. The van der Waals surface area contributed by atoms with Gasteiger partial charge in [-0.2, -0.15) is 13.2 Å². The lowest BCUT2D eigenvalue weighted by atomic mass is 10.1. The SMILES string of the molecule is CC(=NOCCCOc1c(C)cc(OCC=C(Cl)Cl)cc1Cl)c1ccc(C(F)(F)F)cc1. The number of halogens is 6. The summed E-state index contributed by atoms with van der Waals surface area (Å²) in [6.07, 6.45) is -2.33. The van der Waals surface area contributed by atoms with Crippen molar-refractivity contribution in [3.8, 4) is 11.5 Å². The molecule has 174 valence electrons. The van der Waals surface area contributed by atoms with Gasteiger partial charge in [0.1, 0.15) is 29.2 Å². The Morgan fingerprint density at radius 1 is 1.06 bits per heavy atom. The molecule has 0 N–H and O–H groups in total. The van der Waals surface area contributed by atoms with Gasteiger partial charge in [0.25, 0.3) is 0 Å². The van der Waals surface area contributed by atoms with E-state index >= 15 is 0 Å². The summed E-state index contributed by atoms with van der Waals surface area (Å²) in [5.74, 6) is 1.09. The van der Waals surface area contributed by atoms with Crippen LogP contribution in [0.5, 0.6) is 11.5 Å². The number of benzene rings is 2. The van der Waals surface area contributed by atoms with Crippen LogP contribution in [-0.4, -0.2) is 25.5 Å². The molecule has 0 unspecified atom stereocenters. The highest BCUT2D eigenvalue weighted by Gasteiger charge is 2.30. The molecule has 0 fully saturated rings. The summed E-state index contributed by atoms with van der Waals surface area (Å²) < 4.78 is 49.2. The van der Waals surface area contributed by atoms with Crippen LogP contribution in [0.4, 0.5) is 13.2 Å². The first-order chi connectivity index (χ1) is 15.1. The molecule has 0 aliphatic heterocycles. The lowest BCUT2D eigenvalue weighted by molar-refractivity contribution is -0.137. The highest BCUT2D eigenvalue weighted by atomic mass is 35.5. The van der Waals surface area contributed by atoms with Gasteiger partial charge in [0.2, 0.25) is 0 Å². The number of hydrogen-bond donors (Lipinski definition) is 0. The van der Waals surface area contributed by atoms with Crippen molar-refractivity contribution in [3.05, 3.63) is 68.7 Å². The average molecular weight is 511 g/mol. The van der Waals surface area contributed by atoms with Gasteiger partial charge in [-0.1, -0.05) is 52.1 Å². The molecule has 0 radical (unpaired) electrons. The number of ether oxygens (including phenoxy) is 2. The minimum absolute atomic E-state index is 0.119. The van der Waals surface area contributed by atoms with E-state index < -0.39 is 11.7 Å². The number of oxime groups is 1. The number of hydrogen-bond acceptors (Lipinski definition) is 4. The molecule has 0 bridgehead atoms. The van der Waals surface area contributed by atoms with Gasteiger partial charge in [-0.3, -0.25) is 0 Å². The van der Waals surface area contributed by atoms with Crippen LogP contribution in [0, 0.1) is 6.92 Å². The van der Waals surface area contributed by atoms with E-state index in [0.29, 0.717) is 40.8 Å². The van der Waals surface area contributed by atoms with Gasteiger partial charge in [0.15, 0.2) is 0 Å². The van der Waals surface area contributed by atoms with Crippen molar-refractivity contribution in [2.45, 2.75) is 26.4 Å². The van der Waals surface area contributed by atoms with E-state index in [1.807, 2.05) is 6.92 Å². The fraction of sp³-hybridized carbons (Fsp3) is 0.318. The summed E-state index contributed by atoms with van der Waals surface area (Å²) in [7, 11) is 0. The summed E-state index contributed by atoms with van der Waals surface area (Å²) in [4.78, 5) is 5.23. The van der Waals surface area contributed by atoms with E-state index in [-0.39, 0.29) is 17.7 Å². The lowest BCUT2D eigenvalue weighted by Crippen LogP contribution is -2.06. The molecule has 0 spiro atoms. The monoisotopic (exact) mass is 509 g/mol. The number of aryl methyl sites for hydroxylation is 1. The minimum Gasteiger partial charge on any atom is -0.492 e. The molecule has 0 atom stereocenters. The molecule has 32 heavy (non-hydrogen) atoms. The van der Waals surface area contributed by atoms with Crippen LogP contribution in [0.15, 0.2) is 52.1 Å². The Labute approximate surface area is 199 Å². The van der Waals surface area contributed by atoms with Gasteiger partial charge >= 0.3 is 6.18 Å². The van der Waals surface area contributed by atoms with Gasteiger partial charge in [-0.15, -0.1) is 0 Å². The topological polar surface area (TPSA) is 40.0 Å². The smallest absolute Gasteiger partial charge is 0.416 e. The maximum Gasteiger partial charge on any atom is 0.416 e. The number of rotatable bonds is 10. The first-order valence-electron chi connectivity index (χ1n) is 9.49. The molecule has 0 aliphatic rings. The molecular formula is C22H21Cl3F3NO3. The summed E-state index contributed by atoms with van der Waals surface area (Å²) in [6.45, 7) is 4.30. The Kier molecular flexibility index (Phi) is 10.0. The van der Waals surface area contributed by atoms with E-state index in [0.717, 1.165) is 17.7 Å². The van der Waals surface area contributed by atoms with Crippen molar-refractivity contribution in [2.75, 3.05) is 19.8 Å². The van der Waals surface area contributed by atoms with Crippen LogP contribution in [0.25, 0.3) is 0 Å². The maximum atomic E-state index is 12.6. The van der Waals surface area contributed by atoms with Crippen LogP contribution in [-0.2, 0) is 11.0 Å². The molecule has 2 aromatic rings. The highest BCUT2D eigenvalue weighted by Crippen LogP contribution is 2.33. The second-order valence-electron chi connectivity index (χ2n) is 6.64. The van der Waals surface area contributed by atoms with Crippen molar-refractivity contribution < 1.29 is 27.5 Å². The van der Waals surface area contributed by atoms with E-state index in [4.69, 9.17) is 49.1 Å². The molecule has 2 rings (SSSR count). The third-order valence-electron chi connectivity index (χ3n) is 4.15. The van der Waals surface area contributed by atoms with Crippen LogP contribution in [0.3, 0.4) is 0 Å². The van der Waals surface area contributed by atoms with Gasteiger partial charge in [-0.25, -0.2) is 0 Å². The van der Waals surface area contributed by atoms with Crippen LogP contribution in [0.1, 0.15) is 30.0 Å².